The summed E-state index contributed by atoms with van der Waals surface area (Å²) in [5, 5.41) is 5.96. The minimum absolute atomic E-state index is 0.00723. The van der Waals surface area contributed by atoms with Crippen molar-refractivity contribution in [1.82, 2.24) is 22.8 Å². The van der Waals surface area contributed by atoms with Gasteiger partial charge in [-0.3, -0.25) is 0 Å². The van der Waals surface area contributed by atoms with Crippen molar-refractivity contribution in [2.75, 3.05) is 7.05 Å². The molecule has 0 radical (unpaired) electrons. The first-order valence-corrected chi connectivity index (χ1v) is 15.7. The van der Waals surface area contributed by atoms with E-state index >= 15 is 0 Å². The Labute approximate surface area is 106 Å². The molecule has 0 bridgehead atoms. The highest BCUT2D eigenvalue weighted by Gasteiger charge is 2.17. The van der Waals surface area contributed by atoms with E-state index in [1.54, 1.807) is 0 Å². The van der Waals surface area contributed by atoms with E-state index in [1.165, 1.54) is 0 Å². The number of rotatable bonds is 10. The summed E-state index contributed by atoms with van der Waals surface area (Å²) in [6, 6.07) is 0. The Kier molecular flexibility index (Phi) is 12.4. The van der Waals surface area contributed by atoms with Crippen molar-refractivity contribution in [3.63, 3.8) is 0 Å². The first kappa shape index (κ1) is 16.1. The minimum atomic E-state index is -1.05. The first-order chi connectivity index (χ1) is 7.29. The lowest BCUT2D eigenvalue weighted by molar-refractivity contribution is 0.956. The second-order valence-electron chi connectivity index (χ2n) is 3.23. The monoisotopic (exact) mass is 314 g/mol. The Morgan fingerprint density at radius 3 is 2.40 bits per heavy atom. The van der Waals surface area contributed by atoms with Crippen LogP contribution < -0.4 is 24.3 Å². The summed E-state index contributed by atoms with van der Waals surface area (Å²) < 4.78 is 13.7. The molecule has 1 unspecified atom stereocenters. The number of nitrogens with one attached hydrogen (secondary N) is 4. The van der Waals surface area contributed by atoms with Gasteiger partial charge in [0, 0.05) is 0 Å². The van der Waals surface area contributed by atoms with Gasteiger partial charge in [-0.2, -0.15) is 0 Å². The fourth-order valence-corrected chi connectivity index (χ4v) is 19.7. The topological polar surface area (TPSA) is 77.4 Å². The van der Waals surface area contributed by atoms with Gasteiger partial charge in [0.25, 0.3) is 0 Å². The summed E-state index contributed by atoms with van der Waals surface area (Å²) in [4.78, 5) is 3.28. The standard InChI is InChI=1S/C3H26N6Si6/c1-5-13-8-15(7-11-3)9(12-4)14-6-10-2/h5-8,15H,4,10-14H2,1-3H3. The molecule has 0 aliphatic rings. The van der Waals surface area contributed by atoms with Crippen LogP contribution >= 0.6 is 0 Å². The number of nitrogens with zero attached hydrogens (tertiary/aromatic N) is 1. The Hall–Kier alpha value is 1.06. The smallest absolute Gasteiger partial charge is 0.241 e. The van der Waals surface area contributed by atoms with Crippen LogP contribution in [0.2, 0.25) is 13.1 Å². The van der Waals surface area contributed by atoms with Crippen LogP contribution in [0.25, 0.3) is 0 Å². The van der Waals surface area contributed by atoms with E-state index < -0.39 is 19.1 Å². The molecular formula is C3H26N6Si6. The molecule has 0 aliphatic heterocycles. The number of hydrogen-bond acceptors (Lipinski definition) is 6. The van der Waals surface area contributed by atoms with Gasteiger partial charge in [0.1, 0.15) is 0 Å². The second kappa shape index (κ2) is 11.5. The lowest BCUT2D eigenvalue weighted by Crippen LogP contribution is -2.68. The van der Waals surface area contributed by atoms with E-state index in [1.807, 2.05) is 7.05 Å². The highest BCUT2D eigenvalue weighted by atomic mass is 28.4. The van der Waals surface area contributed by atoms with Crippen molar-refractivity contribution in [1.29, 1.82) is 0 Å². The predicted molar refractivity (Wildman–Crippen MR) is 86.1 cm³/mol. The van der Waals surface area contributed by atoms with Crippen molar-refractivity contribution in [3.8, 4) is 0 Å². The molecule has 0 saturated heterocycles. The van der Waals surface area contributed by atoms with Gasteiger partial charge < -0.3 is 28.2 Å². The van der Waals surface area contributed by atoms with E-state index in [0.717, 1.165) is 0 Å². The van der Waals surface area contributed by atoms with Crippen LogP contribution in [0.3, 0.4) is 0 Å². The van der Waals surface area contributed by atoms with Crippen LogP contribution in [0.5, 0.6) is 0 Å². The Morgan fingerprint density at radius 2 is 1.93 bits per heavy atom. The summed E-state index contributed by atoms with van der Waals surface area (Å²) in [5.74, 6) is 0. The molecule has 0 saturated carbocycles. The maximum absolute atomic E-state index is 5.96. The molecule has 15 heavy (non-hydrogen) atoms. The zero-order chi connectivity index (χ0) is 11.5. The van der Waals surface area contributed by atoms with Crippen LogP contribution in [-0.4, -0.2) is 69.1 Å². The van der Waals surface area contributed by atoms with E-state index in [-0.39, 0.29) is 39.0 Å². The van der Waals surface area contributed by atoms with Crippen LogP contribution in [-0.2, 0) is 0 Å². The lowest BCUT2D eigenvalue weighted by Gasteiger charge is -2.30. The quantitative estimate of drug-likeness (QED) is 0.258. The van der Waals surface area contributed by atoms with Gasteiger partial charge >= 0.3 is 0 Å². The molecular weight excluding hydrogens is 289 g/mol. The van der Waals surface area contributed by atoms with Crippen LogP contribution in [0.4, 0.5) is 0 Å². The van der Waals surface area contributed by atoms with Crippen molar-refractivity contribution in [2.24, 2.45) is 5.40 Å². The average Bonchev–Trinajstić information content (AvgIpc) is 2.26. The molecule has 12 heteroatoms. The molecule has 0 rings (SSSR count). The molecule has 0 aliphatic carbocycles. The van der Waals surface area contributed by atoms with Crippen LogP contribution in [0.15, 0.2) is 0 Å². The van der Waals surface area contributed by atoms with Crippen LogP contribution in [0, 0.1) is 0 Å². The predicted octanol–water partition coefficient (Wildman–Crippen LogP) is -6.79. The maximum atomic E-state index is 5.96. The lowest BCUT2D eigenvalue weighted by atomic mass is 11.6. The van der Waals surface area contributed by atoms with Crippen molar-refractivity contribution >= 4 is 58.2 Å². The summed E-state index contributed by atoms with van der Waals surface area (Å²) in [5.41, 5.74) is 0. The van der Waals surface area contributed by atoms with E-state index in [9.17, 15) is 0 Å². The van der Waals surface area contributed by atoms with Gasteiger partial charge in [0.2, 0.25) is 9.28 Å². The zero-order valence-corrected chi connectivity index (χ0v) is 18.4. The zero-order valence-electron chi connectivity index (χ0n) is 10.1. The molecule has 0 heterocycles. The van der Waals surface area contributed by atoms with E-state index in [2.05, 4.69) is 35.9 Å². The molecule has 1 atom stereocenters. The first-order valence-electron chi connectivity index (χ1n) is 5.56. The molecule has 0 aromatic rings. The average molecular weight is 315 g/mol. The Morgan fingerprint density at radius 1 is 1.20 bits per heavy atom. The van der Waals surface area contributed by atoms with E-state index in [4.69, 9.17) is 5.40 Å². The molecule has 0 amide bonds. The number of nitrogens with two attached hydrogens (primary N) is 1. The minimum Gasteiger partial charge on any atom is -0.358 e. The molecule has 0 aromatic heterocycles. The van der Waals surface area contributed by atoms with Gasteiger partial charge in [-0.15, -0.1) is 0 Å². The Bertz CT molecular complexity index is 140. The fraction of sp³-hybridized carbons (Fsp3) is 1.00. The third-order valence-corrected chi connectivity index (χ3v) is 17.2. The second-order valence-corrected chi connectivity index (χ2v) is 17.2. The van der Waals surface area contributed by atoms with Crippen molar-refractivity contribution in [2.45, 2.75) is 13.1 Å². The molecule has 0 aromatic carbocycles. The molecule has 6 nitrogen and oxygen atoms in total. The van der Waals surface area contributed by atoms with Crippen molar-refractivity contribution in [3.05, 3.63) is 0 Å². The van der Waals surface area contributed by atoms with Gasteiger partial charge in [0.05, 0.1) is 19.4 Å². The summed E-state index contributed by atoms with van der Waals surface area (Å²) in [6.07, 6.45) is 0. The summed E-state index contributed by atoms with van der Waals surface area (Å²) >= 11 is 0. The van der Waals surface area contributed by atoms with Gasteiger partial charge in [-0.05, 0) is 7.05 Å². The van der Waals surface area contributed by atoms with Gasteiger partial charge in [-0.1, -0.05) is 13.1 Å². The SMILES string of the molecule is CN[SiH2]N[SiH](N[SiH2]C)N([SiH2]N)[SiH2]N[SiH2]C. The van der Waals surface area contributed by atoms with Crippen LogP contribution in [0.1, 0.15) is 0 Å². The highest BCUT2D eigenvalue weighted by Crippen LogP contribution is 1.79. The third kappa shape index (κ3) is 7.88. The highest BCUT2D eigenvalue weighted by molar-refractivity contribution is 6.79. The van der Waals surface area contributed by atoms with Gasteiger partial charge in [0.15, 0.2) is 29.5 Å². The maximum Gasteiger partial charge on any atom is 0.241 e. The summed E-state index contributed by atoms with van der Waals surface area (Å²) in [6.45, 7) is 4.61. The molecule has 0 spiro atoms. The van der Waals surface area contributed by atoms with E-state index in [0.29, 0.717) is 0 Å². The van der Waals surface area contributed by atoms with Gasteiger partial charge in [-0.25, -0.2) is 0 Å². The summed E-state index contributed by atoms with van der Waals surface area (Å²) in [7, 11) is -0.0503. The number of hydrogen-bond donors (Lipinski definition) is 5. The van der Waals surface area contributed by atoms with Crippen molar-refractivity contribution < 1.29 is 0 Å². The Balaban J connectivity index is 4.00. The largest absolute Gasteiger partial charge is 0.358 e. The normalized spacial score (nSPS) is 17.4. The molecule has 92 valence electrons. The molecule has 0 fully saturated rings. The third-order valence-electron chi connectivity index (χ3n) is 2.03. The fourth-order valence-electron chi connectivity index (χ4n) is 1.24. The molecule has 6 N–H and O–H groups in total.